The third-order valence-electron chi connectivity index (χ3n) is 4.04. The molecule has 1 aromatic carbocycles. The van der Waals surface area contributed by atoms with Crippen LogP contribution in [0.25, 0.3) is 11.3 Å². The Labute approximate surface area is 151 Å². The Morgan fingerprint density at radius 2 is 1.96 bits per heavy atom. The van der Waals surface area contributed by atoms with Crippen molar-refractivity contribution >= 4 is 0 Å². The number of benzene rings is 1. The maximum Gasteiger partial charge on any atom is 0.219 e. The third-order valence-corrected chi connectivity index (χ3v) is 4.04. The molecule has 0 radical (unpaired) electrons. The normalized spacial score (nSPS) is 17.0. The minimum Gasteiger partial charge on any atom is -0.492 e. The van der Waals surface area contributed by atoms with Gasteiger partial charge in [-0.3, -0.25) is 5.10 Å². The Morgan fingerprint density at radius 1 is 1.08 bits per heavy atom. The molecule has 2 N–H and O–H groups in total. The first-order valence-electron chi connectivity index (χ1n) is 8.54. The smallest absolute Gasteiger partial charge is 0.219 e. The van der Waals surface area contributed by atoms with E-state index in [1.54, 1.807) is 12.4 Å². The topological polar surface area (TPSA) is 81.3 Å². The molecule has 3 aromatic rings. The van der Waals surface area contributed by atoms with E-state index in [4.69, 9.17) is 14.2 Å². The lowest BCUT2D eigenvalue weighted by Crippen LogP contribution is -2.44. The van der Waals surface area contributed by atoms with Crippen LogP contribution < -0.4 is 14.8 Å². The zero-order valence-corrected chi connectivity index (χ0v) is 14.2. The summed E-state index contributed by atoms with van der Waals surface area (Å²) in [6, 6.07) is 13.4. The lowest BCUT2D eigenvalue weighted by molar-refractivity contribution is 0.0592. The molecule has 0 aliphatic carbocycles. The molecule has 1 fully saturated rings. The zero-order chi connectivity index (χ0) is 17.6. The molecule has 2 aromatic heterocycles. The summed E-state index contributed by atoms with van der Waals surface area (Å²) in [5.74, 6) is 2.04. The van der Waals surface area contributed by atoms with Crippen molar-refractivity contribution in [2.75, 3.05) is 26.4 Å². The van der Waals surface area contributed by atoms with Crippen LogP contribution in [0.2, 0.25) is 0 Å². The summed E-state index contributed by atoms with van der Waals surface area (Å²) in [6.45, 7) is 2.89. The van der Waals surface area contributed by atoms with Gasteiger partial charge in [-0.05, 0) is 36.4 Å². The number of nitrogens with one attached hydrogen (secondary N) is 2. The number of nitrogens with zero attached hydrogens (tertiary/aromatic N) is 2. The van der Waals surface area contributed by atoms with E-state index >= 15 is 0 Å². The van der Waals surface area contributed by atoms with Crippen LogP contribution in [0.4, 0.5) is 0 Å². The Hall–Kier alpha value is -2.90. The highest BCUT2D eigenvalue weighted by atomic mass is 16.5. The number of aromatic nitrogens is 3. The molecular weight excluding hydrogens is 332 g/mol. The second-order valence-electron chi connectivity index (χ2n) is 5.97. The standard InChI is InChI=1S/C19H20N4O3/c1-6-19(21-11-14(1)18-7-8-22-23-18)26-17-4-2-16(3-5-17)25-13-15-12-24-10-9-20-15/h1-8,11,15,20H,9-10,12-13H2,(H,22,23). The Bertz CT molecular complexity index is 798. The monoisotopic (exact) mass is 352 g/mol. The van der Waals surface area contributed by atoms with Crippen molar-refractivity contribution < 1.29 is 14.2 Å². The minimum atomic E-state index is 0.234. The van der Waals surface area contributed by atoms with Crippen LogP contribution in [0, 0.1) is 0 Å². The predicted octanol–water partition coefficient (Wildman–Crippen LogP) is 2.63. The van der Waals surface area contributed by atoms with E-state index in [-0.39, 0.29) is 6.04 Å². The minimum absolute atomic E-state index is 0.234. The summed E-state index contributed by atoms with van der Waals surface area (Å²) >= 11 is 0. The number of rotatable bonds is 6. The van der Waals surface area contributed by atoms with Crippen molar-refractivity contribution in [2.45, 2.75) is 6.04 Å². The number of morpholine rings is 1. The molecule has 0 saturated carbocycles. The fraction of sp³-hybridized carbons (Fsp3) is 0.263. The summed E-state index contributed by atoms with van der Waals surface area (Å²) < 4.78 is 17.0. The van der Waals surface area contributed by atoms with E-state index in [2.05, 4.69) is 20.5 Å². The molecule has 0 amide bonds. The van der Waals surface area contributed by atoms with E-state index in [9.17, 15) is 0 Å². The van der Waals surface area contributed by atoms with Crippen LogP contribution in [0.5, 0.6) is 17.4 Å². The lowest BCUT2D eigenvalue weighted by atomic mass is 10.2. The number of aromatic amines is 1. The van der Waals surface area contributed by atoms with Gasteiger partial charge in [-0.1, -0.05) is 0 Å². The van der Waals surface area contributed by atoms with E-state index < -0.39 is 0 Å². The first-order valence-corrected chi connectivity index (χ1v) is 8.54. The number of hydrogen-bond donors (Lipinski definition) is 2. The summed E-state index contributed by atoms with van der Waals surface area (Å²) in [5, 5.41) is 10.2. The molecule has 26 heavy (non-hydrogen) atoms. The Kier molecular flexibility index (Phi) is 5.09. The fourth-order valence-corrected chi connectivity index (χ4v) is 2.66. The first-order chi connectivity index (χ1) is 12.9. The second-order valence-corrected chi connectivity index (χ2v) is 5.97. The molecule has 1 atom stereocenters. The van der Waals surface area contributed by atoms with Gasteiger partial charge in [0.05, 0.1) is 24.9 Å². The molecule has 1 saturated heterocycles. The summed E-state index contributed by atoms with van der Waals surface area (Å²) in [7, 11) is 0. The highest BCUT2D eigenvalue weighted by Crippen LogP contribution is 2.24. The van der Waals surface area contributed by atoms with Gasteiger partial charge in [0, 0.05) is 30.6 Å². The van der Waals surface area contributed by atoms with Crippen LogP contribution in [0.3, 0.4) is 0 Å². The van der Waals surface area contributed by atoms with E-state index in [0.29, 0.717) is 24.8 Å². The summed E-state index contributed by atoms with van der Waals surface area (Å²) in [5.41, 5.74) is 1.88. The maximum atomic E-state index is 5.78. The van der Waals surface area contributed by atoms with Crippen molar-refractivity contribution in [2.24, 2.45) is 0 Å². The Balaban J connectivity index is 1.32. The average molecular weight is 352 g/mol. The molecule has 7 nitrogen and oxygen atoms in total. The molecular formula is C19H20N4O3. The molecule has 1 aliphatic rings. The van der Waals surface area contributed by atoms with Crippen LogP contribution in [-0.2, 0) is 4.74 Å². The largest absolute Gasteiger partial charge is 0.492 e. The number of ether oxygens (including phenoxy) is 3. The second kappa shape index (κ2) is 7.99. The highest BCUT2D eigenvalue weighted by molar-refractivity contribution is 5.57. The maximum absolute atomic E-state index is 5.78. The van der Waals surface area contributed by atoms with Crippen molar-refractivity contribution in [3.63, 3.8) is 0 Å². The van der Waals surface area contributed by atoms with Gasteiger partial charge >= 0.3 is 0 Å². The number of pyridine rings is 1. The molecule has 3 heterocycles. The Morgan fingerprint density at radius 3 is 2.65 bits per heavy atom. The van der Waals surface area contributed by atoms with Gasteiger partial charge in [0.25, 0.3) is 0 Å². The van der Waals surface area contributed by atoms with Crippen molar-refractivity contribution in [3.8, 4) is 28.6 Å². The highest BCUT2D eigenvalue weighted by Gasteiger charge is 2.13. The van der Waals surface area contributed by atoms with Crippen LogP contribution in [0.15, 0.2) is 54.9 Å². The molecule has 7 heteroatoms. The number of H-pyrrole nitrogens is 1. The average Bonchev–Trinajstić information content (AvgIpc) is 3.24. The van der Waals surface area contributed by atoms with Crippen LogP contribution in [0.1, 0.15) is 0 Å². The lowest BCUT2D eigenvalue weighted by Gasteiger charge is -2.23. The van der Waals surface area contributed by atoms with Crippen LogP contribution in [-0.4, -0.2) is 47.6 Å². The van der Waals surface area contributed by atoms with E-state index in [1.165, 1.54) is 0 Å². The fourth-order valence-electron chi connectivity index (χ4n) is 2.66. The zero-order valence-electron chi connectivity index (χ0n) is 14.2. The molecule has 1 unspecified atom stereocenters. The van der Waals surface area contributed by atoms with Gasteiger partial charge in [0.15, 0.2) is 0 Å². The van der Waals surface area contributed by atoms with Crippen LogP contribution >= 0.6 is 0 Å². The van der Waals surface area contributed by atoms with Gasteiger partial charge in [-0.15, -0.1) is 0 Å². The quantitative estimate of drug-likeness (QED) is 0.710. The third kappa shape index (κ3) is 4.19. The molecule has 0 bridgehead atoms. The SMILES string of the molecule is c1cc(-c2ccc(Oc3ccc(OCC4COCCN4)cc3)nc2)[nH]n1. The van der Waals surface area contributed by atoms with Gasteiger partial charge in [-0.2, -0.15) is 5.10 Å². The molecule has 4 rings (SSSR count). The predicted molar refractivity (Wildman–Crippen MR) is 96.4 cm³/mol. The van der Waals surface area contributed by atoms with E-state index in [1.807, 2.05) is 42.5 Å². The van der Waals surface area contributed by atoms with Crippen molar-refractivity contribution in [1.82, 2.24) is 20.5 Å². The molecule has 0 spiro atoms. The summed E-state index contributed by atoms with van der Waals surface area (Å²) in [4.78, 5) is 4.33. The summed E-state index contributed by atoms with van der Waals surface area (Å²) in [6.07, 6.45) is 3.46. The van der Waals surface area contributed by atoms with Gasteiger partial charge < -0.3 is 19.5 Å². The van der Waals surface area contributed by atoms with Gasteiger partial charge in [0.1, 0.15) is 18.1 Å². The van der Waals surface area contributed by atoms with Crippen molar-refractivity contribution in [3.05, 3.63) is 54.9 Å². The molecule has 1 aliphatic heterocycles. The molecule has 134 valence electrons. The van der Waals surface area contributed by atoms with Crippen molar-refractivity contribution in [1.29, 1.82) is 0 Å². The number of hydrogen-bond acceptors (Lipinski definition) is 6. The first kappa shape index (κ1) is 16.6. The van der Waals surface area contributed by atoms with Gasteiger partial charge in [-0.25, -0.2) is 4.98 Å². The van der Waals surface area contributed by atoms with Gasteiger partial charge in [0.2, 0.25) is 5.88 Å². The van der Waals surface area contributed by atoms with E-state index in [0.717, 1.165) is 30.2 Å².